The number of nitrogens with two attached hydrogens (primary N) is 1. The zero-order valence-electron chi connectivity index (χ0n) is 11.2. The molecule has 3 N–H and O–H groups in total. The lowest BCUT2D eigenvalue weighted by atomic mass is 10.2. The van der Waals surface area contributed by atoms with Gasteiger partial charge in [0.15, 0.2) is 5.76 Å². The van der Waals surface area contributed by atoms with Gasteiger partial charge < -0.3 is 8.98 Å². The number of rotatable bonds is 3. The van der Waals surface area contributed by atoms with Crippen molar-refractivity contribution in [3.63, 3.8) is 0 Å². The van der Waals surface area contributed by atoms with Gasteiger partial charge in [-0.1, -0.05) is 0 Å². The molecule has 108 valence electrons. The number of hydrazine groups is 1. The van der Waals surface area contributed by atoms with Gasteiger partial charge in [0, 0.05) is 18.0 Å². The lowest BCUT2D eigenvalue weighted by molar-refractivity contribution is 0.0924. The van der Waals surface area contributed by atoms with Crippen LogP contribution in [0.3, 0.4) is 0 Å². The van der Waals surface area contributed by atoms with Crippen LogP contribution in [0.15, 0.2) is 39.9 Å². The third-order valence-electron chi connectivity index (χ3n) is 3.25. The number of hydrogen-bond acceptors (Lipinski definition) is 5. The van der Waals surface area contributed by atoms with Gasteiger partial charge in [0.2, 0.25) is 0 Å². The molecule has 0 aliphatic heterocycles. The van der Waals surface area contributed by atoms with E-state index in [1.807, 2.05) is 5.43 Å². The minimum absolute atomic E-state index is 0.114. The Morgan fingerprint density at radius 2 is 2.29 bits per heavy atom. The molecule has 1 amide bonds. The van der Waals surface area contributed by atoms with Crippen LogP contribution in [-0.4, -0.2) is 20.1 Å². The van der Waals surface area contributed by atoms with Crippen molar-refractivity contribution in [2.24, 2.45) is 5.84 Å². The summed E-state index contributed by atoms with van der Waals surface area (Å²) in [5.74, 6) is 5.23. The summed E-state index contributed by atoms with van der Waals surface area (Å²) >= 11 is 0. The second kappa shape index (κ2) is 4.91. The van der Waals surface area contributed by atoms with Gasteiger partial charge in [-0.25, -0.2) is 10.4 Å². The molecule has 0 aromatic carbocycles. The number of aromatic nitrogens is 3. The second-order valence-electron chi connectivity index (χ2n) is 4.56. The topological polar surface area (TPSA) is 108 Å². The summed E-state index contributed by atoms with van der Waals surface area (Å²) in [5.41, 5.74) is 3.06. The third kappa shape index (κ3) is 2.21. The van der Waals surface area contributed by atoms with Crippen molar-refractivity contribution in [2.45, 2.75) is 13.5 Å². The second-order valence-corrected chi connectivity index (χ2v) is 4.56. The standard InChI is InChI=1S/C13H13N5O3/c1-8-9(6-11(21-8)12(19)16-14)7-17-4-5-18-10(13(17)20)2-3-15-18/h2-6H,7,14H2,1H3,(H,16,19). The summed E-state index contributed by atoms with van der Waals surface area (Å²) in [7, 11) is 0. The molecule has 0 radical (unpaired) electrons. The first kappa shape index (κ1) is 13.1. The van der Waals surface area contributed by atoms with E-state index >= 15 is 0 Å². The molecule has 0 aliphatic rings. The van der Waals surface area contributed by atoms with Gasteiger partial charge in [0.25, 0.3) is 5.56 Å². The molecule has 0 aliphatic carbocycles. The largest absolute Gasteiger partial charge is 0.456 e. The van der Waals surface area contributed by atoms with E-state index in [4.69, 9.17) is 10.3 Å². The van der Waals surface area contributed by atoms with Crippen molar-refractivity contribution < 1.29 is 9.21 Å². The molecule has 0 saturated heterocycles. The van der Waals surface area contributed by atoms with Crippen LogP contribution in [0.2, 0.25) is 0 Å². The highest BCUT2D eigenvalue weighted by atomic mass is 16.4. The summed E-state index contributed by atoms with van der Waals surface area (Å²) in [5, 5.41) is 4.00. The van der Waals surface area contributed by atoms with E-state index < -0.39 is 5.91 Å². The van der Waals surface area contributed by atoms with Gasteiger partial charge in [-0.3, -0.25) is 15.0 Å². The smallest absolute Gasteiger partial charge is 0.300 e. The number of nitrogen functional groups attached to an aromatic ring is 1. The lowest BCUT2D eigenvalue weighted by Crippen LogP contribution is -2.29. The number of nitrogens with one attached hydrogen (secondary N) is 1. The van der Waals surface area contributed by atoms with Crippen LogP contribution in [0.5, 0.6) is 0 Å². The van der Waals surface area contributed by atoms with E-state index in [-0.39, 0.29) is 11.3 Å². The molecule has 0 saturated carbocycles. The van der Waals surface area contributed by atoms with Crippen molar-refractivity contribution in [3.05, 3.63) is 58.2 Å². The number of amides is 1. The van der Waals surface area contributed by atoms with Gasteiger partial charge in [-0.15, -0.1) is 0 Å². The van der Waals surface area contributed by atoms with E-state index in [0.29, 0.717) is 17.8 Å². The molecule has 0 unspecified atom stereocenters. The molecular weight excluding hydrogens is 274 g/mol. The maximum absolute atomic E-state index is 12.3. The van der Waals surface area contributed by atoms with Crippen molar-refractivity contribution in [3.8, 4) is 0 Å². The monoisotopic (exact) mass is 287 g/mol. The lowest BCUT2D eigenvalue weighted by Gasteiger charge is -2.04. The Kier molecular flexibility index (Phi) is 3.07. The Balaban J connectivity index is 1.98. The normalized spacial score (nSPS) is 11.0. The Morgan fingerprint density at radius 1 is 1.48 bits per heavy atom. The zero-order valence-corrected chi connectivity index (χ0v) is 11.2. The van der Waals surface area contributed by atoms with Crippen molar-refractivity contribution in [2.75, 3.05) is 0 Å². The molecule has 0 atom stereocenters. The Bertz CT molecular complexity index is 873. The van der Waals surface area contributed by atoms with E-state index in [9.17, 15) is 9.59 Å². The van der Waals surface area contributed by atoms with Gasteiger partial charge in [-0.05, 0) is 19.1 Å². The molecule has 3 heterocycles. The Hall–Kier alpha value is -2.87. The fourth-order valence-electron chi connectivity index (χ4n) is 2.13. The summed E-state index contributed by atoms with van der Waals surface area (Å²) < 4.78 is 8.36. The van der Waals surface area contributed by atoms with E-state index in [1.54, 1.807) is 37.6 Å². The first-order valence-corrected chi connectivity index (χ1v) is 6.23. The van der Waals surface area contributed by atoms with Gasteiger partial charge in [-0.2, -0.15) is 5.10 Å². The minimum Gasteiger partial charge on any atom is -0.456 e. The summed E-state index contributed by atoms with van der Waals surface area (Å²) in [4.78, 5) is 23.7. The molecule has 3 aromatic heterocycles. The van der Waals surface area contributed by atoms with Gasteiger partial charge in [0.1, 0.15) is 11.3 Å². The fourth-order valence-corrected chi connectivity index (χ4v) is 2.13. The van der Waals surface area contributed by atoms with Crippen LogP contribution in [0, 0.1) is 6.92 Å². The molecular formula is C13H13N5O3. The van der Waals surface area contributed by atoms with Crippen LogP contribution < -0.4 is 16.8 Å². The van der Waals surface area contributed by atoms with Crippen molar-refractivity contribution in [1.29, 1.82) is 0 Å². The minimum atomic E-state index is -0.511. The van der Waals surface area contributed by atoms with E-state index in [0.717, 1.165) is 5.56 Å². The first-order chi connectivity index (χ1) is 10.1. The highest BCUT2D eigenvalue weighted by Gasteiger charge is 2.14. The molecule has 0 bridgehead atoms. The third-order valence-corrected chi connectivity index (χ3v) is 3.25. The number of fused-ring (bicyclic) bond motifs is 1. The summed E-state index contributed by atoms with van der Waals surface area (Å²) in [6, 6.07) is 3.22. The van der Waals surface area contributed by atoms with Gasteiger partial charge >= 0.3 is 5.91 Å². The van der Waals surface area contributed by atoms with Crippen LogP contribution in [-0.2, 0) is 6.54 Å². The number of furan rings is 1. The molecule has 8 heteroatoms. The SMILES string of the molecule is Cc1oc(C(=O)NN)cc1Cn1ccn2nccc2c1=O. The number of aryl methyl sites for hydroxylation is 1. The Morgan fingerprint density at radius 3 is 3.05 bits per heavy atom. The van der Waals surface area contributed by atoms with Crippen LogP contribution in [0.1, 0.15) is 21.9 Å². The zero-order chi connectivity index (χ0) is 15.0. The van der Waals surface area contributed by atoms with Gasteiger partial charge in [0.05, 0.1) is 12.7 Å². The predicted molar refractivity (Wildman–Crippen MR) is 73.7 cm³/mol. The molecule has 0 spiro atoms. The maximum atomic E-state index is 12.3. The molecule has 8 nitrogen and oxygen atoms in total. The number of nitrogens with zero attached hydrogens (tertiary/aromatic N) is 3. The van der Waals surface area contributed by atoms with Crippen LogP contribution in [0.4, 0.5) is 0 Å². The van der Waals surface area contributed by atoms with Crippen molar-refractivity contribution in [1.82, 2.24) is 19.6 Å². The maximum Gasteiger partial charge on any atom is 0.300 e. The summed E-state index contributed by atoms with van der Waals surface area (Å²) in [6.07, 6.45) is 4.89. The molecule has 0 fully saturated rings. The van der Waals surface area contributed by atoms with E-state index in [2.05, 4.69) is 5.10 Å². The van der Waals surface area contributed by atoms with E-state index in [1.165, 1.54) is 9.08 Å². The molecule has 3 rings (SSSR count). The highest BCUT2D eigenvalue weighted by molar-refractivity contribution is 5.91. The quantitative estimate of drug-likeness (QED) is 0.402. The molecule has 21 heavy (non-hydrogen) atoms. The first-order valence-electron chi connectivity index (χ1n) is 6.23. The van der Waals surface area contributed by atoms with Crippen LogP contribution >= 0.6 is 0 Å². The summed E-state index contributed by atoms with van der Waals surface area (Å²) in [6.45, 7) is 2.03. The Labute approximate surface area is 118 Å². The average Bonchev–Trinajstić information content (AvgIpc) is 3.09. The predicted octanol–water partition coefficient (Wildman–Crippen LogP) is 0.0492. The number of carbonyl (C=O) groups is 1. The highest BCUT2D eigenvalue weighted by Crippen LogP contribution is 2.15. The average molecular weight is 287 g/mol. The number of carbonyl (C=O) groups excluding carboxylic acids is 1. The van der Waals surface area contributed by atoms with Crippen LogP contribution in [0.25, 0.3) is 5.52 Å². The molecule has 3 aromatic rings. The van der Waals surface area contributed by atoms with Crippen molar-refractivity contribution >= 4 is 11.4 Å². The fraction of sp³-hybridized carbons (Fsp3) is 0.154. The number of hydrogen-bond donors (Lipinski definition) is 2.